The quantitative estimate of drug-likeness (QED) is 0.753. The molecule has 2 nitrogen and oxygen atoms in total. The van der Waals surface area contributed by atoms with Gasteiger partial charge in [-0.1, -0.05) is 78.1 Å². The van der Waals surface area contributed by atoms with E-state index in [2.05, 4.69) is 6.92 Å². The van der Waals surface area contributed by atoms with Crippen LogP contribution in [-0.2, 0) is 4.79 Å². The van der Waals surface area contributed by atoms with Crippen LogP contribution in [0.5, 0.6) is 0 Å². The van der Waals surface area contributed by atoms with Crippen molar-refractivity contribution in [1.82, 2.24) is 0 Å². The van der Waals surface area contributed by atoms with Crippen molar-refractivity contribution >= 4 is 5.97 Å². The molecule has 0 aromatic rings. The molecule has 0 aromatic heterocycles. The highest BCUT2D eigenvalue weighted by molar-refractivity contribution is 5.63. The Morgan fingerprint density at radius 3 is 1.94 bits per heavy atom. The fourth-order valence-corrected chi connectivity index (χ4v) is 2.32. The lowest BCUT2D eigenvalue weighted by atomic mass is 9.88. The van der Waals surface area contributed by atoms with Crippen LogP contribution in [0.15, 0.2) is 0 Å². The molecule has 1 rings (SSSR count). The third-order valence-electron chi connectivity index (χ3n) is 3.48. The largest absolute Gasteiger partial charge is 0.550 e. The van der Waals surface area contributed by atoms with Crippen molar-refractivity contribution in [2.75, 3.05) is 0 Å². The van der Waals surface area contributed by atoms with Crippen LogP contribution in [0, 0.1) is 5.92 Å². The van der Waals surface area contributed by atoms with Crippen molar-refractivity contribution in [3.05, 3.63) is 0 Å². The highest BCUT2D eigenvalue weighted by Crippen LogP contribution is 2.25. The van der Waals surface area contributed by atoms with Crippen LogP contribution in [0.3, 0.4) is 0 Å². The van der Waals surface area contributed by atoms with E-state index in [1.807, 2.05) is 0 Å². The van der Waals surface area contributed by atoms with Crippen LogP contribution < -0.4 is 5.11 Å². The van der Waals surface area contributed by atoms with Gasteiger partial charge in [0.25, 0.3) is 0 Å². The van der Waals surface area contributed by atoms with Crippen LogP contribution in [0.2, 0.25) is 0 Å². The van der Waals surface area contributed by atoms with Gasteiger partial charge in [0.05, 0.1) is 0 Å². The third kappa shape index (κ3) is 11.7. The summed E-state index contributed by atoms with van der Waals surface area (Å²) in [6.07, 6.45) is 15.0. The number of unbranched alkanes of at least 4 members (excludes halogenated alkanes) is 1. The monoisotopic (exact) mass is 241 g/mol. The van der Waals surface area contributed by atoms with Gasteiger partial charge in [-0.05, 0) is 12.3 Å². The van der Waals surface area contributed by atoms with Crippen molar-refractivity contribution < 1.29 is 9.90 Å². The molecule has 1 saturated carbocycles. The highest BCUT2D eigenvalue weighted by atomic mass is 16.4. The van der Waals surface area contributed by atoms with Crippen LogP contribution in [0.1, 0.15) is 84.5 Å². The molecule has 0 N–H and O–H groups in total. The van der Waals surface area contributed by atoms with Crippen molar-refractivity contribution in [2.45, 2.75) is 84.5 Å². The van der Waals surface area contributed by atoms with E-state index < -0.39 is 5.97 Å². The van der Waals surface area contributed by atoms with Gasteiger partial charge in [-0.2, -0.15) is 0 Å². The lowest BCUT2D eigenvalue weighted by Crippen LogP contribution is -2.19. The number of aliphatic carboxylic acids is 1. The van der Waals surface area contributed by atoms with E-state index in [4.69, 9.17) is 0 Å². The second-order valence-electron chi connectivity index (χ2n) is 5.08. The number of carbonyl (C=O) groups excluding carboxylic acids is 1. The van der Waals surface area contributed by atoms with Crippen molar-refractivity contribution in [2.24, 2.45) is 5.92 Å². The van der Waals surface area contributed by atoms with Crippen LogP contribution in [0.25, 0.3) is 0 Å². The molecule has 0 aliphatic heterocycles. The molecule has 0 aromatic carbocycles. The van der Waals surface area contributed by atoms with Gasteiger partial charge in [-0.15, -0.1) is 0 Å². The Bertz CT molecular complexity index is 167. The topological polar surface area (TPSA) is 40.1 Å². The van der Waals surface area contributed by atoms with E-state index in [-0.39, 0.29) is 6.42 Å². The number of carbonyl (C=O) groups is 1. The van der Waals surface area contributed by atoms with Gasteiger partial charge in [0, 0.05) is 5.97 Å². The van der Waals surface area contributed by atoms with E-state index in [1.54, 1.807) is 0 Å². The first kappa shape index (κ1) is 16.5. The summed E-state index contributed by atoms with van der Waals surface area (Å²) in [6, 6.07) is 0. The summed E-state index contributed by atoms with van der Waals surface area (Å²) < 4.78 is 0. The molecule has 1 aliphatic carbocycles. The lowest BCUT2D eigenvalue weighted by molar-refractivity contribution is -0.305. The number of carboxylic acid groups (broad SMARTS) is 1. The van der Waals surface area contributed by atoms with E-state index >= 15 is 0 Å². The SMILES string of the molecule is CCC(=O)[O-].CCCCC1CCCCCCC1. The predicted molar refractivity (Wildman–Crippen MR) is 70.6 cm³/mol. The van der Waals surface area contributed by atoms with Gasteiger partial charge >= 0.3 is 0 Å². The van der Waals surface area contributed by atoms with Crippen LogP contribution in [-0.4, -0.2) is 5.97 Å². The second-order valence-corrected chi connectivity index (χ2v) is 5.08. The maximum absolute atomic E-state index is 9.26. The zero-order valence-electron chi connectivity index (χ0n) is 11.7. The van der Waals surface area contributed by atoms with Crippen molar-refractivity contribution in [1.29, 1.82) is 0 Å². The fraction of sp³-hybridized carbons (Fsp3) is 0.933. The molecule has 0 saturated heterocycles. The van der Waals surface area contributed by atoms with Gasteiger partial charge < -0.3 is 9.90 Å². The Balaban J connectivity index is 0.000000437. The highest BCUT2D eigenvalue weighted by Gasteiger charge is 2.09. The number of carboxylic acids is 1. The molecule has 0 spiro atoms. The summed E-state index contributed by atoms with van der Waals surface area (Å²) in [4.78, 5) is 9.26. The lowest BCUT2D eigenvalue weighted by Gasteiger charge is -2.18. The van der Waals surface area contributed by atoms with Crippen LogP contribution >= 0.6 is 0 Å². The number of hydrogen-bond donors (Lipinski definition) is 0. The van der Waals surface area contributed by atoms with E-state index in [1.165, 1.54) is 71.1 Å². The Morgan fingerprint density at radius 1 is 1.06 bits per heavy atom. The maximum atomic E-state index is 9.26. The number of rotatable bonds is 4. The normalized spacial score (nSPS) is 17.5. The van der Waals surface area contributed by atoms with Gasteiger partial charge in [0.2, 0.25) is 0 Å². The minimum absolute atomic E-state index is 0.111. The molecule has 0 heterocycles. The van der Waals surface area contributed by atoms with E-state index in [0.29, 0.717) is 0 Å². The van der Waals surface area contributed by atoms with Crippen LogP contribution in [0.4, 0.5) is 0 Å². The van der Waals surface area contributed by atoms with Gasteiger partial charge in [0.1, 0.15) is 0 Å². The summed E-state index contributed by atoms with van der Waals surface area (Å²) in [5.41, 5.74) is 0. The van der Waals surface area contributed by atoms with Crippen molar-refractivity contribution in [3.8, 4) is 0 Å². The van der Waals surface area contributed by atoms with Gasteiger partial charge in [0.15, 0.2) is 0 Å². The molecule has 0 unspecified atom stereocenters. The zero-order valence-corrected chi connectivity index (χ0v) is 11.7. The standard InChI is InChI=1S/C12H24.C3H6O2/c1-2-3-9-12-10-7-5-4-6-8-11-12;1-2-3(4)5/h12H,2-11H2,1H3;2H2,1H3,(H,4,5)/p-1. The Morgan fingerprint density at radius 2 is 1.53 bits per heavy atom. The Kier molecular flexibility index (Phi) is 11.6. The third-order valence-corrected chi connectivity index (χ3v) is 3.48. The second kappa shape index (κ2) is 11.9. The summed E-state index contributed by atoms with van der Waals surface area (Å²) in [5.74, 6) is 0.0928. The Labute approximate surface area is 107 Å². The first-order valence-corrected chi connectivity index (χ1v) is 7.40. The molecule has 17 heavy (non-hydrogen) atoms. The first-order chi connectivity index (χ1) is 8.20. The molecule has 0 bridgehead atoms. The fourth-order valence-electron chi connectivity index (χ4n) is 2.32. The zero-order chi connectivity index (χ0) is 12.9. The molecule has 0 atom stereocenters. The molecule has 2 heteroatoms. The first-order valence-electron chi connectivity index (χ1n) is 7.40. The number of hydrogen-bond acceptors (Lipinski definition) is 2. The summed E-state index contributed by atoms with van der Waals surface area (Å²) >= 11 is 0. The predicted octanol–water partition coefficient (Wildman–Crippen LogP) is 3.68. The summed E-state index contributed by atoms with van der Waals surface area (Å²) in [6.45, 7) is 3.85. The summed E-state index contributed by atoms with van der Waals surface area (Å²) in [7, 11) is 0. The molecular formula is C15H29O2-. The minimum atomic E-state index is -0.995. The van der Waals surface area contributed by atoms with Crippen molar-refractivity contribution in [3.63, 3.8) is 0 Å². The van der Waals surface area contributed by atoms with E-state index in [0.717, 1.165) is 5.92 Å². The average Bonchev–Trinajstić information content (AvgIpc) is 2.28. The average molecular weight is 241 g/mol. The molecule has 1 aliphatic rings. The molecular weight excluding hydrogens is 212 g/mol. The molecule has 0 radical (unpaired) electrons. The maximum Gasteiger partial charge on any atom is 0.0411 e. The Hall–Kier alpha value is -0.530. The molecule has 1 fully saturated rings. The molecule has 0 amide bonds. The van der Waals surface area contributed by atoms with Gasteiger partial charge in [-0.25, -0.2) is 0 Å². The van der Waals surface area contributed by atoms with Gasteiger partial charge in [-0.3, -0.25) is 0 Å². The summed E-state index contributed by atoms with van der Waals surface area (Å²) in [5, 5.41) is 9.26. The van der Waals surface area contributed by atoms with E-state index in [9.17, 15) is 9.90 Å². The minimum Gasteiger partial charge on any atom is -0.550 e. The smallest absolute Gasteiger partial charge is 0.0411 e. The molecule has 102 valence electrons.